The summed E-state index contributed by atoms with van der Waals surface area (Å²) in [6, 6.07) is 13.1. The van der Waals surface area contributed by atoms with Gasteiger partial charge in [-0.15, -0.1) is 23.1 Å². The molecule has 3 fully saturated rings. The Balaban J connectivity index is 0.583. The number of amides is 6. The van der Waals surface area contributed by atoms with Gasteiger partial charge in [-0.3, -0.25) is 44.3 Å². The third kappa shape index (κ3) is 13.5. The summed E-state index contributed by atoms with van der Waals surface area (Å²) in [4.78, 5) is 92.2. The average Bonchev–Trinajstić information content (AvgIpc) is 4.16. The Hall–Kier alpha value is -6.05. The van der Waals surface area contributed by atoms with Crippen molar-refractivity contribution in [1.82, 2.24) is 29.9 Å². The molecule has 0 radical (unpaired) electrons. The van der Waals surface area contributed by atoms with E-state index in [2.05, 4.69) is 25.4 Å². The summed E-state index contributed by atoms with van der Waals surface area (Å²) in [7, 11) is 0. The summed E-state index contributed by atoms with van der Waals surface area (Å²) < 4.78 is 42.6. The number of fused-ring (bicyclic) bond motifs is 2. The van der Waals surface area contributed by atoms with E-state index in [4.69, 9.17) is 23.7 Å². The van der Waals surface area contributed by atoms with E-state index in [1.165, 1.54) is 28.5 Å². The van der Waals surface area contributed by atoms with E-state index in [0.29, 0.717) is 114 Å². The second-order valence-electron chi connectivity index (χ2n) is 18.9. The number of ether oxygens (including phenoxy) is 5. The number of phenolic OH excluding ortho intramolecular Hbond substituents is 1. The average molecular weight is 1090 g/mol. The molecule has 1 aromatic heterocycles. The highest BCUT2D eigenvalue weighted by Crippen LogP contribution is 2.39. The molecule has 2 atom stereocenters. The molecule has 0 aliphatic carbocycles. The molecule has 2 unspecified atom stereocenters. The third-order valence-corrected chi connectivity index (χ3v) is 15.9. The van der Waals surface area contributed by atoms with Gasteiger partial charge in [0.2, 0.25) is 17.7 Å². The molecule has 6 heterocycles. The van der Waals surface area contributed by atoms with Crippen LogP contribution in [0.1, 0.15) is 69.1 Å². The minimum absolute atomic E-state index is 0.00303. The summed E-state index contributed by atoms with van der Waals surface area (Å²) in [5.41, 5.74) is 3.59. The molecule has 406 valence electrons. The normalized spacial score (nSPS) is 18.6. The van der Waals surface area contributed by atoms with E-state index in [1.54, 1.807) is 28.1 Å². The van der Waals surface area contributed by atoms with Gasteiger partial charge in [0.05, 0.1) is 59.5 Å². The first-order chi connectivity index (χ1) is 37.0. The Kier molecular flexibility index (Phi) is 19.0. The molecule has 6 amide bonds. The summed E-state index contributed by atoms with van der Waals surface area (Å²) in [6.45, 7) is 8.46. The number of benzene rings is 3. The predicted molar refractivity (Wildman–Crippen MR) is 279 cm³/mol. The summed E-state index contributed by atoms with van der Waals surface area (Å²) in [6.07, 6.45) is 3.93. The minimum Gasteiger partial charge on any atom is -0.508 e. The number of nitrogens with zero attached hydrogens (tertiary/aromatic N) is 6. The number of anilines is 2. The van der Waals surface area contributed by atoms with Crippen molar-refractivity contribution in [3.8, 4) is 5.75 Å². The van der Waals surface area contributed by atoms with Crippen molar-refractivity contribution in [2.45, 2.75) is 61.8 Å². The Morgan fingerprint density at radius 3 is 2.21 bits per heavy atom. The van der Waals surface area contributed by atoms with Gasteiger partial charge in [0.1, 0.15) is 30.3 Å². The van der Waals surface area contributed by atoms with Crippen LogP contribution in [0.2, 0.25) is 0 Å². The van der Waals surface area contributed by atoms with E-state index in [0.717, 1.165) is 72.9 Å². The van der Waals surface area contributed by atoms with E-state index >= 15 is 0 Å². The van der Waals surface area contributed by atoms with Crippen molar-refractivity contribution in [1.29, 1.82) is 0 Å². The lowest BCUT2D eigenvalue weighted by molar-refractivity contribution is -0.139. The van der Waals surface area contributed by atoms with Crippen molar-refractivity contribution >= 4 is 69.4 Å². The van der Waals surface area contributed by atoms with Crippen molar-refractivity contribution in [2.24, 2.45) is 0 Å². The Bertz CT molecular complexity index is 2700. The van der Waals surface area contributed by atoms with Crippen LogP contribution in [0.25, 0.3) is 0 Å². The van der Waals surface area contributed by atoms with E-state index < -0.39 is 29.7 Å². The molecule has 3 N–H and O–H groups in total. The number of aromatic hydroxyl groups is 1. The third-order valence-electron chi connectivity index (χ3n) is 14.2. The number of aromatic nitrogens is 1. The van der Waals surface area contributed by atoms with Gasteiger partial charge >= 0.3 is 0 Å². The highest BCUT2D eigenvalue weighted by atomic mass is 32.2. The van der Waals surface area contributed by atoms with Crippen LogP contribution in [0.3, 0.4) is 0 Å². The lowest BCUT2D eigenvalue weighted by atomic mass is 10.0. The van der Waals surface area contributed by atoms with Crippen molar-refractivity contribution < 1.29 is 61.9 Å². The molecule has 0 bridgehead atoms. The van der Waals surface area contributed by atoms with Gasteiger partial charge in [-0.25, -0.2) is 9.37 Å². The number of carbonyl (C=O) groups is 6. The Labute approximate surface area is 448 Å². The molecule has 3 aromatic carbocycles. The molecule has 0 spiro atoms. The van der Waals surface area contributed by atoms with Crippen molar-refractivity contribution in [2.75, 3.05) is 121 Å². The maximum absolute atomic E-state index is 14.5. The molecule has 9 rings (SSSR count). The zero-order chi connectivity index (χ0) is 53.0. The maximum atomic E-state index is 14.5. The minimum atomic E-state index is -1.30. The number of halogens is 1. The molecular formula is C53H63FN8O12S2. The molecule has 3 saturated heterocycles. The van der Waals surface area contributed by atoms with Crippen LogP contribution in [-0.2, 0) is 56.0 Å². The maximum Gasteiger partial charge on any atom is 0.255 e. The second kappa shape index (κ2) is 26.3. The molecule has 23 heteroatoms. The number of hydrogen-bond donors (Lipinski definition) is 3. The van der Waals surface area contributed by atoms with Gasteiger partial charge in [0.25, 0.3) is 17.7 Å². The number of thiazole rings is 1. The van der Waals surface area contributed by atoms with Crippen LogP contribution >= 0.6 is 23.1 Å². The first kappa shape index (κ1) is 54.7. The number of thioether (sulfide) groups is 1. The molecule has 5 aliphatic rings. The highest BCUT2D eigenvalue weighted by Gasteiger charge is 2.41. The Morgan fingerprint density at radius 2 is 1.51 bits per heavy atom. The molecule has 4 aromatic rings. The van der Waals surface area contributed by atoms with Gasteiger partial charge in [-0.1, -0.05) is 12.1 Å². The highest BCUT2D eigenvalue weighted by molar-refractivity contribution is 7.99. The van der Waals surface area contributed by atoms with Gasteiger partial charge in [-0.2, -0.15) is 0 Å². The summed E-state index contributed by atoms with van der Waals surface area (Å²) in [5.74, 6) is -2.20. The standard InChI is InChI=1S/C53H63FN8O12S2/c54-36-5-8-44(63)41(30-36)48(50(67)57-53-55-12-28-76-53)62-32-35-4-6-38(31-40(35)52(62)69)58-13-10-37(11-14-58)59-15-17-60(18-16-59)47(65)34-74-26-25-72-22-21-70-19-20-71-23-24-73-27-29-75-45-3-1-2-39-42(45)33-61(51(39)68)43-7-9-46(64)56-49(43)66/h1-6,8,12,28,30-31,37,43,48,63H,7,9-11,13-27,29,32-34H2,(H,55,57,67)(H,56,64,66). The number of rotatable bonds is 25. The predicted octanol–water partition coefficient (Wildman–Crippen LogP) is 4.07. The fourth-order valence-corrected chi connectivity index (χ4v) is 11.7. The van der Waals surface area contributed by atoms with Crippen LogP contribution in [0.15, 0.2) is 71.1 Å². The van der Waals surface area contributed by atoms with Crippen LogP contribution in [0.4, 0.5) is 15.2 Å². The van der Waals surface area contributed by atoms with E-state index in [9.17, 15) is 38.3 Å². The quantitative estimate of drug-likeness (QED) is 0.0484. The number of imide groups is 1. The number of piperidine rings is 2. The summed E-state index contributed by atoms with van der Waals surface area (Å²) >= 11 is 2.81. The monoisotopic (exact) mass is 1090 g/mol. The van der Waals surface area contributed by atoms with Crippen LogP contribution in [0, 0.1) is 5.82 Å². The zero-order valence-electron chi connectivity index (χ0n) is 42.2. The number of hydrogen-bond acceptors (Lipinski definition) is 17. The topological polar surface area (TPSA) is 222 Å². The van der Waals surface area contributed by atoms with E-state index in [1.807, 2.05) is 35.2 Å². The summed E-state index contributed by atoms with van der Waals surface area (Å²) in [5, 5.41) is 17.8. The lowest BCUT2D eigenvalue weighted by Crippen LogP contribution is -2.54. The van der Waals surface area contributed by atoms with Crippen LogP contribution < -0.4 is 15.5 Å². The lowest BCUT2D eigenvalue weighted by Gasteiger charge is -2.43. The fourth-order valence-electron chi connectivity index (χ4n) is 10.2. The zero-order valence-corrected chi connectivity index (χ0v) is 43.8. The smallest absolute Gasteiger partial charge is 0.255 e. The molecule has 5 aliphatic heterocycles. The van der Waals surface area contributed by atoms with Gasteiger partial charge in [0, 0.05) is 109 Å². The first-order valence-electron chi connectivity index (χ1n) is 25.7. The second-order valence-corrected chi connectivity index (χ2v) is 20.9. The Morgan fingerprint density at radius 1 is 0.803 bits per heavy atom. The SMILES string of the molecule is O=C1CCC(N2Cc3c(SCCOCCOCCOCCOCCOCC(=O)N4CCN(C5CCN(c6ccc7c(c6)C(=O)N(C(C(=O)Nc6nccs6)c6cc(F)ccc6O)C7)CC5)CC4)cccc3C2=O)C(=O)N1. The number of phenols is 1. The number of carbonyl (C=O) groups excluding carboxylic acids is 6. The van der Waals surface area contributed by atoms with Gasteiger partial charge in [-0.05, 0) is 72.9 Å². The van der Waals surface area contributed by atoms with E-state index in [-0.39, 0.29) is 54.5 Å². The van der Waals surface area contributed by atoms with Crippen molar-refractivity contribution in [3.63, 3.8) is 0 Å². The number of nitrogens with one attached hydrogen (secondary N) is 2. The molecular weight excluding hydrogens is 1020 g/mol. The molecule has 76 heavy (non-hydrogen) atoms. The van der Waals surface area contributed by atoms with Crippen LogP contribution in [0.5, 0.6) is 5.75 Å². The fraction of sp³-hybridized carbons (Fsp3) is 0.491. The number of piperazine rings is 1. The van der Waals surface area contributed by atoms with Gasteiger partial charge < -0.3 is 48.4 Å². The molecule has 0 saturated carbocycles. The largest absolute Gasteiger partial charge is 0.508 e. The van der Waals surface area contributed by atoms with Crippen LogP contribution in [-0.4, -0.2) is 188 Å². The van der Waals surface area contributed by atoms with Gasteiger partial charge in [0.15, 0.2) is 5.13 Å². The van der Waals surface area contributed by atoms with Crippen molar-refractivity contribution in [3.05, 3.63) is 99.8 Å². The molecule has 20 nitrogen and oxygen atoms in total. The first-order valence-corrected chi connectivity index (χ1v) is 27.6.